The summed E-state index contributed by atoms with van der Waals surface area (Å²) in [6.07, 6.45) is 0.123. The summed E-state index contributed by atoms with van der Waals surface area (Å²) in [5.74, 6) is 0.506. The number of hydrogen-bond donors (Lipinski definition) is 2. The van der Waals surface area contributed by atoms with Gasteiger partial charge in [0, 0.05) is 12.1 Å². The van der Waals surface area contributed by atoms with Crippen LogP contribution < -0.4 is 10.5 Å². The lowest BCUT2D eigenvalue weighted by Crippen LogP contribution is -2.13. The Labute approximate surface area is 94.8 Å². The smallest absolute Gasteiger partial charge is 0.143 e. The summed E-state index contributed by atoms with van der Waals surface area (Å²) >= 11 is 6.04. The molecule has 1 atom stereocenters. The first-order chi connectivity index (χ1) is 7.13. The number of aliphatic hydroxyl groups excluding tert-OH is 1. The van der Waals surface area contributed by atoms with Gasteiger partial charge in [0.15, 0.2) is 0 Å². The molecule has 1 unspecified atom stereocenters. The number of hydrogen-bond acceptors (Lipinski definition) is 3. The summed E-state index contributed by atoms with van der Waals surface area (Å²) in [4.78, 5) is 0. The maximum absolute atomic E-state index is 9.72. The van der Waals surface area contributed by atoms with Gasteiger partial charge >= 0.3 is 0 Å². The highest BCUT2D eigenvalue weighted by molar-refractivity contribution is 6.32. The van der Waals surface area contributed by atoms with Gasteiger partial charge in [-0.15, -0.1) is 0 Å². The third kappa shape index (κ3) is 2.62. The van der Waals surface area contributed by atoms with Crippen molar-refractivity contribution in [2.75, 3.05) is 13.7 Å². The van der Waals surface area contributed by atoms with Crippen molar-refractivity contribution in [2.45, 2.75) is 19.4 Å². The molecule has 0 fully saturated rings. The fourth-order valence-corrected chi connectivity index (χ4v) is 1.79. The second-order valence-corrected chi connectivity index (χ2v) is 3.71. The highest BCUT2D eigenvalue weighted by atomic mass is 35.5. The highest BCUT2D eigenvalue weighted by Crippen LogP contribution is 2.33. The molecular weight excluding hydrogens is 214 g/mol. The summed E-state index contributed by atoms with van der Waals surface area (Å²) in [6.45, 7) is 2.18. The van der Waals surface area contributed by atoms with Crippen LogP contribution in [-0.4, -0.2) is 18.8 Å². The molecule has 0 bridgehead atoms. The van der Waals surface area contributed by atoms with Crippen LogP contribution in [0.1, 0.15) is 24.2 Å². The molecule has 0 saturated carbocycles. The number of aliphatic hydroxyl groups is 1. The molecule has 0 aliphatic heterocycles. The molecule has 84 valence electrons. The molecule has 0 aliphatic rings. The molecule has 0 amide bonds. The number of ether oxygens (including phenoxy) is 1. The van der Waals surface area contributed by atoms with E-state index in [1.54, 1.807) is 0 Å². The van der Waals surface area contributed by atoms with Crippen LogP contribution in [-0.2, 0) is 6.42 Å². The second kappa shape index (κ2) is 5.35. The van der Waals surface area contributed by atoms with E-state index in [9.17, 15) is 5.11 Å². The molecule has 3 nitrogen and oxygen atoms in total. The Balaban J connectivity index is 3.25. The molecule has 0 aromatic heterocycles. The Morgan fingerprint density at radius 1 is 1.53 bits per heavy atom. The minimum absolute atomic E-state index is 0.153. The maximum Gasteiger partial charge on any atom is 0.143 e. The van der Waals surface area contributed by atoms with E-state index >= 15 is 0 Å². The van der Waals surface area contributed by atoms with Gasteiger partial charge in [0.05, 0.1) is 18.2 Å². The molecule has 1 aromatic rings. The van der Waals surface area contributed by atoms with E-state index in [1.807, 2.05) is 19.1 Å². The number of nitrogens with two attached hydrogens (primary N) is 1. The molecule has 0 radical (unpaired) electrons. The summed E-state index contributed by atoms with van der Waals surface area (Å²) < 4.78 is 5.15. The van der Waals surface area contributed by atoms with Crippen LogP contribution in [0.25, 0.3) is 0 Å². The van der Waals surface area contributed by atoms with Gasteiger partial charge in [-0.1, -0.05) is 18.5 Å². The van der Waals surface area contributed by atoms with Gasteiger partial charge in [-0.05, 0) is 24.1 Å². The van der Waals surface area contributed by atoms with Crippen molar-refractivity contribution in [1.82, 2.24) is 0 Å². The largest absolute Gasteiger partial charge is 0.495 e. The SMILES string of the molecule is CCc1cc(Cl)c(OC)c(C(O)CN)c1. The van der Waals surface area contributed by atoms with Crippen LogP contribution in [0.5, 0.6) is 5.75 Å². The molecule has 1 rings (SSSR count). The highest BCUT2D eigenvalue weighted by Gasteiger charge is 2.15. The van der Waals surface area contributed by atoms with Crippen molar-refractivity contribution in [3.63, 3.8) is 0 Å². The third-order valence-corrected chi connectivity index (χ3v) is 2.61. The first-order valence-corrected chi connectivity index (χ1v) is 5.26. The second-order valence-electron chi connectivity index (χ2n) is 3.31. The van der Waals surface area contributed by atoms with Gasteiger partial charge in [0.2, 0.25) is 0 Å². The minimum Gasteiger partial charge on any atom is -0.495 e. The van der Waals surface area contributed by atoms with Crippen molar-refractivity contribution in [3.8, 4) is 5.75 Å². The van der Waals surface area contributed by atoms with Crippen LogP contribution in [0.15, 0.2) is 12.1 Å². The molecule has 4 heteroatoms. The number of rotatable bonds is 4. The molecular formula is C11H16ClNO2. The molecule has 0 saturated heterocycles. The third-order valence-electron chi connectivity index (χ3n) is 2.33. The van der Waals surface area contributed by atoms with Crippen LogP contribution in [0, 0.1) is 0 Å². The van der Waals surface area contributed by atoms with Gasteiger partial charge in [0.25, 0.3) is 0 Å². The summed E-state index contributed by atoms with van der Waals surface area (Å²) in [6, 6.07) is 3.72. The zero-order chi connectivity index (χ0) is 11.4. The lowest BCUT2D eigenvalue weighted by atomic mass is 10.0. The molecule has 0 aliphatic carbocycles. The van der Waals surface area contributed by atoms with Gasteiger partial charge in [-0.25, -0.2) is 0 Å². The Morgan fingerprint density at radius 2 is 2.20 bits per heavy atom. The quantitative estimate of drug-likeness (QED) is 0.829. The van der Waals surface area contributed by atoms with E-state index in [-0.39, 0.29) is 6.54 Å². The van der Waals surface area contributed by atoms with Crippen LogP contribution in [0.4, 0.5) is 0 Å². The maximum atomic E-state index is 9.72. The van der Waals surface area contributed by atoms with Gasteiger partial charge in [0.1, 0.15) is 5.75 Å². The molecule has 0 heterocycles. The van der Waals surface area contributed by atoms with Crippen molar-refractivity contribution in [2.24, 2.45) is 5.73 Å². The first-order valence-electron chi connectivity index (χ1n) is 4.88. The fourth-order valence-electron chi connectivity index (χ4n) is 1.47. The van der Waals surface area contributed by atoms with Crippen molar-refractivity contribution >= 4 is 11.6 Å². The van der Waals surface area contributed by atoms with E-state index in [4.69, 9.17) is 22.1 Å². The van der Waals surface area contributed by atoms with Crippen molar-refractivity contribution < 1.29 is 9.84 Å². The molecule has 1 aromatic carbocycles. The van der Waals surface area contributed by atoms with Crippen molar-refractivity contribution in [3.05, 3.63) is 28.3 Å². The van der Waals surface area contributed by atoms with Gasteiger partial charge in [-0.3, -0.25) is 0 Å². The zero-order valence-corrected chi connectivity index (χ0v) is 9.71. The summed E-state index contributed by atoms with van der Waals surface area (Å²) in [5.41, 5.74) is 7.14. The monoisotopic (exact) mass is 229 g/mol. The average molecular weight is 230 g/mol. The summed E-state index contributed by atoms with van der Waals surface area (Å²) in [7, 11) is 1.53. The predicted octanol–water partition coefficient (Wildman–Crippen LogP) is 1.90. The Kier molecular flexibility index (Phi) is 4.39. The number of methoxy groups -OCH3 is 1. The van der Waals surface area contributed by atoms with E-state index < -0.39 is 6.10 Å². The van der Waals surface area contributed by atoms with E-state index in [0.717, 1.165) is 12.0 Å². The van der Waals surface area contributed by atoms with E-state index in [2.05, 4.69) is 0 Å². The first kappa shape index (κ1) is 12.3. The summed E-state index contributed by atoms with van der Waals surface area (Å²) in [5, 5.41) is 10.2. The molecule has 0 spiro atoms. The normalized spacial score (nSPS) is 12.6. The van der Waals surface area contributed by atoms with Gasteiger partial charge < -0.3 is 15.6 Å². The van der Waals surface area contributed by atoms with Crippen LogP contribution in [0.2, 0.25) is 5.02 Å². The minimum atomic E-state index is -0.732. The molecule has 15 heavy (non-hydrogen) atoms. The Morgan fingerprint density at radius 3 is 2.67 bits per heavy atom. The lowest BCUT2D eigenvalue weighted by Gasteiger charge is -2.15. The van der Waals surface area contributed by atoms with Crippen molar-refractivity contribution in [1.29, 1.82) is 0 Å². The fraction of sp³-hybridized carbons (Fsp3) is 0.455. The van der Waals surface area contributed by atoms with E-state index in [0.29, 0.717) is 16.3 Å². The number of benzene rings is 1. The molecule has 3 N–H and O–H groups in total. The Hall–Kier alpha value is -0.770. The lowest BCUT2D eigenvalue weighted by molar-refractivity contribution is 0.182. The van der Waals surface area contributed by atoms with Gasteiger partial charge in [-0.2, -0.15) is 0 Å². The predicted molar refractivity (Wildman–Crippen MR) is 61.4 cm³/mol. The van der Waals surface area contributed by atoms with Crippen LogP contribution in [0.3, 0.4) is 0 Å². The van der Waals surface area contributed by atoms with Crippen LogP contribution >= 0.6 is 11.6 Å². The number of aryl methyl sites for hydroxylation is 1. The standard InChI is InChI=1S/C11H16ClNO2/c1-3-7-4-8(10(14)6-13)11(15-2)9(12)5-7/h4-5,10,14H,3,6,13H2,1-2H3. The van der Waals surface area contributed by atoms with E-state index in [1.165, 1.54) is 7.11 Å². The Bertz CT molecular complexity index is 342. The number of halogens is 1. The average Bonchev–Trinajstić information content (AvgIpc) is 2.26. The zero-order valence-electron chi connectivity index (χ0n) is 8.96. The topological polar surface area (TPSA) is 55.5 Å².